The minimum absolute atomic E-state index is 0.0869. The third kappa shape index (κ3) is 10.3. The predicted molar refractivity (Wildman–Crippen MR) is 115 cm³/mol. The zero-order valence-electron chi connectivity index (χ0n) is 19.8. The summed E-state index contributed by atoms with van der Waals surface area (Å²) in [6.07, 6.45) is 3.63. The van der Waals surface area contributed by atoms with E-state index in [1.54, 1.807) is 0 Å². The van der Waals surface area contributed by atoms with E-state index in [-0.39, 0.29) is 21.7 Å². The van der Waals surface area contributed by atoms with Gasteiger partial charge in [-0.25, -0.2) is 0 Å². The van der Waals surface area contributed by atoms with Gasteiger partial charge in [-0.1, -0.05) is 0 Å². The molecule has 0 aromatic rings. The first-order chi connectivity index (χ1) is 11.7. The minimum atomic E-state index is -3.83. The molecule has 0 aliphatic heterocycles. The first kappa shape index (κ1) is 26.7. The van der Waals surface area contributed by atoms with Gasteiger partial charge in [-0.05, 0) is 0 Å². The van der Waals surface area contributed by atoms with Crippen LogP contribution in [0.2, 0.25) is 3.43 Å². The summed E-state index contributed by atoms with van der Waals surface area (Å²) in [5.41, 5.74) is 0. The molecule has 0 radical (unpaired) electrons. The Hall–Kier alpha value is 0.679. The van der Waals surface area contributed by atoms with Gasteiger partial charge in [-0.3, -0.25) is 0 Å². The van der Waals surface area contributed by atoms with E-state index < -0.39 is 19.6 Å². The van der Waals surface area contributed by atoms with Crippen LogP contribution in [-0.2, 0) is 9.22 Å². The summed E-state index contributed by atoms with van der Waals surface area (Å²) >= 11 is -3.83. The quantitative estimate of drug-likeness (QED) is 0.280. The maximum atomic E-state index is 6.78. The fourth-order valence-electron chi connectivity index (χ4n) is 3.54. The van der Waals surface area contributed by atoms with Crippen molar-refractivity contribution in [1.82, 2.24) is 0 Å². The van der Waals surface area contributed by atoms with Crippen LogP contribution in [0.3, 0.4) is 0 Å². The van der Waals surface area contributed by atoms with Crippen molar-refractivity contribution < 1.29 is 9.22 Å². The van der Waals surface area contributed by atoms with Crippen molar-refractivity contribution in [3.05, 3.63) is 0 Å². The van der Waals surface area contributed by atoms with E-state index in [4.69, 9.17) is 9.22 Å². The Morgan fingerprint density at radius 3 is 0.923 bits per heavy atom. The van der Waals surface area contributed by atoms with Gasteiger partial charge in [0.1, 0.15) is 0 Å². The van der Waals surface area contributed by atoms with E-state index in [0.717, 1.165) is 19.3 Å². The fraction of sp³-hybridized carbons (Fsp3) is 1.00. The Morgan fingerprint density at radius 2 is 0.769 bits per heavy atom. The van der Waals surface area contributed by atoms with Crippen LogP contribution < -0.4 is 0 Å². The summed E-state index contributed by atoms with van der Waals surface area (Å²) < 4.78 is 20.3. The molecule has 0 aromatic carbocycles. The zero-order chi connectivity index (χ0) is 20.7. The third-order valence-electron chi connectivity index (χ3n) is 4.40. The molecule has 0 saturated carbocycles. The van der Waals surface area contributed by atoms with Crippen LogP contribution in [0.5, 0.6) is 0 Å². The van der Waals surface area contributed by atoms with Gasteiger partial charge in [-0.15, -0.1) is 0 Å². The van der Waals surface area contributed by atoms with E-state index in [9.17, 15) is 0 Å². The summed E-state index contributed by atoms with van der Waals surface area (Å²) in [5, 5.41) is 0. The van der Waals surface area contributed by atoms with E-state index in [0.29, 0.717) is 17.8 Å². The molecule has 0 amide bonds. The van der Waals surface area contributed by atoms with E-state index >= 15 is 0 Å². The molecule has 0 aliphatic carbocycles. The second kappa shape index (κ2) is 11.6. The van der Waals surface area contributed by atoms with Gasteiger partial charge in [0.2, 0.25) is 0 Å². The van der Waals surface area contributed by atoms with E-state index in [1.165, 1.54) is 0 Å². The van der Waals surface area contributed by atoms with Crippen molar-refractivity contribution >= 4 is 19.6 Å². The molecule has 0 fully saturated rings. The van der Waals surface area contributed by atoms with Crippen molar-refractivity contribution in [3.63, 3.8) is 0 Å². The van der Waals surface area contributed by atoms with Crippen LogP contribution in [0, 0.1) is 17.8 Å². The molecule has 4 heteroatoms. The molecular formula is C22H48O3Sn. The molecule has 3 nitrogen and oxygen atoms in total. The topological polar surface area (TPSA) is 27.7 Å². The Morgan fingerprint density at radius 1 is 0.538 bits per heavy atom. The van der Waals surface area contributed by atoms with Crippen LogP contribution in [0.1, 0.15) is 102 Å². The molecule has 0 aliphatic rings. The fourth-order valence-corrected chi connectivity index (χ4v) is 12.4. The third-order valence-corrected chi connectivity index (χ3v) is 15.7. The zero-order valence-corrected chi connectivity index (χ0v) is 22.7. The Kier molecular flexibility index (Phi) is 11.9. The number of hydrogen-bond acceptors (Lipinski definition) is 3. The second-order valence-corrected chi connectivity index (χ2v) is 20.0. The van der Waals surface area contributed by atoms with Crippen LogP contribution in [0.4, 0.5) is 0 Å². The standard InChI is InChI=1S/3C6H13O.C4H9.Sn/c3*1-5(2)4-6(3)7;1-4(2)3;/h3*5-6H,4H2,1-3H3;1-3H3;/q3*-1;;+3. The molecule has 0 N–H and O–H groups in total. The van der Waals surface area contributed by atoms with Gasteiger partial charge in [0.25, 0.3) is 0 Å². The Labute approximate surface area is 170 Å². The average Bonchev–Trinajstić information content (AvgIpc) is 2.32. The van der Waals surface area contributed by atoms with Crippen molar-refractivity contribution in [3.8, 4) is 0 Å². The van der Waals surface area contributed by atoms with E-state index in [2.05, 4.69) is 83.1 Å². The van der Waals surface area contributed by atoms with Crippen LogP contribution in [-0.4, -0.2) is 37.9 Å². The van der Waals surface area contributed by atoms with Gasteiger partial charge in [0, 0.05) is 0 Å². The van der Waals surface area contributed by atoms with Crippen LogP contribution in [0.15, 0.2) is 0 Å². The summed E-state index contributed by atoms with van der Waals surface area (Å²) in [6, 6.07) is 0. The number of hydrogen-bond donors (Lipinski definition) is 0. The normalized spacial score (nSPS) is 19.0. The van der Waals surface area contributed by atoms with Crippen molar-refractivity contribution in [1.29, 1.82) is 0 Å². The summed E-state index contributed by atoms with van der Waals surface area (Å²) in [5.74, 6) is 1.82. The van der Waals surface area contributed by atoms with Crippen LogP contribution in [0.25, 0.3) is 0 Å². The Balaban J connectivity index is 5.62. The molecular weight excluding hydrogens is 431 g/mol. The monoisotopic (exact) mass is 480 g/mol. The van der Waals surface area contributed by atoms with Crippen LogP contribution >= 0.6 is 0 Å². The summed E-state index contributed by atoms with van der Waals surface area (Å²) in [7, 11) is 0. The second-order valence-electron chi connectivity index (χ2n) is 10.5. The molecule has 0 aromatic heterocycles. The first-order valence-electron chi connectivity index (χ1n) is 10.7. The molecule has 158 valence electrons. The van der Waals surface area contributed by atoms with Gasteiger partial charge in [0.15, 0.2) is 0 Å². The average molecular weight is 479 g/mol. The van der Waals surface area contributed by atoms with Gasteiger partial charge in [0.05, 0.1) is 0 Å². The van der Waals surface area contributed by atoms with Gasteiger partial charge >= 0.3 is 171 Å². The van der Waals surface area contributed by atoms with Crippen molar-refractivity contribution in [2.45, 2.75) is 124 Å². The van der Waals surface area contributed by atoms with Crippen molar-refractivity contribution in [2.24, 2.45) is 17.8 Å². The van der Waals surface area contributed by atoms with Gasteiger partial charge < -0.3 is 0 Å². The molecule has 26 heavy (non-hydrogen) atoms. The van der Waals surface area contributed by atoms with Crippen molar-refractivity contribution in [2.75, 3.05) is 0 Å². The summed E-state index contributed by atoms with van der Waals surface area (Å²) in [6.45, 7) is 26.8. The molecule has 0 bridgehead atoms. The molecule has 0 saturated heterocycles. The van der Waals surface area contributed by atoms with E-state index in [1.807, 2.05) is 0 Å². The molecule has 3 atom stereocenters. The summed E-state index contributed by atoms with van der Waals surface area (Å²) in [4.78, 5) is 0. The first-order valence-corrected chi connectivity index (χ1v) is 15.6. The van der Waals surface area contributed by atoms with Gasteiger partial charge in [-0.2, -0.15) is 0 Å². The molecule has 0 heterocycles. The number of rotatable bonds is 12. The molecule has 3 unspecified atom stereocenters. The molecule has 0 spiro atoms. The Bertz CT molecular complexity index is 329. The molecule has 0 rings (SSSR count). The predicted octanol–water partition coefficient (Wildman–Crippen LogP) is 7.08. The SMILES string of the molecule is CC(C)CC(C)[O][Sn]([O]C(C)CC(C)C)([O]C(C)CC(C)C)[C](C)(C)C. The maximum absolute atomic E-state index is 6.78.